The van der Waals surface area contributed by atoms with Crippen molar-refractivity contribution in [1.29, 1.82) is 0 Å². The second kappa shape index (κ2) is 6.55. The van der Waals surface area contributed by atoms with Crippen molar-refractivity contribution in [3.63, 3.8) is 0 Å². The molecule has 0 aliphatic carbocycles. The minimum Gasteiger partial charge on any atom is -0.468 e. The van der Waals surface area contributed by atoms with Crippen LogP contribution in [0.4, 0.5) is 5.13 Å². The van der Waals surface area contributed by atoms with E-state index < -0.39 is 15.9 Å². The van der Waals surface area contributed by atoms with Gasteiger partial charge in [0.25, 0.3) is 15.9 Å². The Morgan fingerprint density at radius 3 is 2.67 bits per heavy atom. The molecule has 0 bridgehead atoms. The number of furan rings is 2. The van der Waals surface area contributed by atoms with E-state index in [1.807, 2.05) is 0 Å². The molecule has 0 radical (unpaired) electrons. The summed E-state index contributed by atoms with van der Waals surface area (Å²) in [7, 11) is -2.44. The summed E-state index contributed by atoms with van der Waals surface area (Å²) in [5.74, 6) is 0.0468. The summed E-state index contributed by atoms with van der Waals surface area (Å²) < 4.78 is 35.8. The molecule has 24 heavy (non-hydrogen) atoms. The van der Waals surface area contributed by atoms with Crippen molar-refractivity contribution in [2.24, 2.45) is 0 Å². The fraction of sp³-hybridized carbons (Fsp3) is 0.154. The molecule has 0 atom stereocenters. The lowest BCUT2D eigenvalue weighted by Crippen LogP contribution is -2.26. The van der Waals surface area contributed by atoms with Crippen LogP contribution in [-0.4, -0.2) is 35.9 Å². The van der Waals surface area contributed by atoms with Crippen LogP contribution in [0.3, 0.4) is 0 Å². The molecule has 3 aromatic heterocycles. The van der Waals surface area contributed by atoms with Crippen molar-refractivity contribution in [2.75, 3.05) is 12.4 Å². The molecule has 0 unspecified atom stereocenters. The third-order valence-corrected chi connectivity index (χ3v) is 5.95. The first kappa shape index (κ1) is 16.4. The molecule has 1 amide bonds. The van der Waals surface area contributed by atoms with Crippen LogP contribution in [-0.2, 0) is 16.6 Å². The highest BCUT2D eigenvalue weighted by Crippen LogP contribution is 2.24. The summed E-state index contributed by atoms with van der Waals surface area (Å²) in [5.41, 5.74) is 0. The number of carbonyl (C=O) groups excluding carboxylic acids is 1. The maximum Gasteiger partial charge on any atom is 0.293 e. The van der Waals surface area contributed by atoms with E-state index in [2.05, 4.69) is 15.5 Å². The second-order valence-electron chi connectivity index (χ2n) is 4.64. The zero-order chi connectivity index (χ0) is 17.2. The maximum atomic E-state index is 12.4. The van der Waals surface area contributed by atoms with Crippen LogP contribution >= 0.6 is 11.3 Å². The molecular formula is C13H12N4O5S2. The van der Waals surface area contributed by atoms with E-state index in [1.54, 1.807) is 18.2 Å². The summed E-state index contributed by atoms with van der Waals surface area (Å²) in [5, 5.41) is 9.80. The van der Waals surface area contributed by atoms with Gasteiger partial charge in [-0.15, -0.1) is 10.2 Å². The molecule has 0 saturated heterocycles. The van der Waals surface area contributed by atoms with Crippen LogP contribution in [0.1, 0.15) is 16.3 Å². The molecule has 0 fully saturated rings. The molecule has 0 aliphatic rings. The van der Waals surface area contributed by atoms with Crippen molar-refractivity contribution in [1.82, 2.24) is 14.5 Å². The predicted octanol–water partition coefficient (Wildman–Crippen LogP) is 1.80. The van der Waals surface area contributed by atoms with Crippen LogP contribution in [0.2, 0.25) is 0 Å². The molecular weight excluding hydrogens is 356 g/mol. The number of aromatic nitrogens is 2. The van der Waals surface area contributed by atoms with Crippen LogP contribution in [0.25, 0.3) is 0 Å². The first-order valence-corrected chi connectivity index (χ1v) is 8.89. The number of sulfonamides is 1. The number of hydrogen-bond acceptors (Lipinski definition) is 8. The normalized spacial score (nSPS) is 11.8. The van der Waals surface area contributed by atoms with Crippen molar-refractivity contribution < 1.29 is 22.0 Å². The number of anilines is 1. The molecule has 0 saturated carbocycles. The highest BCUT2D eigenvalue weighted by atomic mass is 32.2. The lowest BCUT2D eigenvalue weighted by atomic mass is 10.4. The van der Waals surface area contributed by atoms with Gasteiger partial charge in [-0.05, 0) is 24.3 Å². The molecule has 126 valence electrons. The van der Waals surface area contributed by atoms with E-state index in [1.165, 1.54) is 25.6 Å². The van der Waals surface area contributed by atoms with Gasteiger partial charge in [0.1, 0.15) is 5.76 Å². The van der Waals surface area contributed by atoms with Crippen molar-refractivity contribution in [3.8, 4) is 0 Å². The molecule has 0 aromatic carbocycles. The van der Waals surface area contributed by atoms with E-state index in [0.29, 0.717) is 5.76 Å². The Kier molecular flexibility index (Phi) is 4.46. The van der Waals surface area contributed by atoms with E-state index >= 15 is 0 Å². The topological polar surface area (TPSA) is 119 Å². The Balaban J connectivity index is 1.73. The average molecular weight is 368 g/mol. The Morgan fingerprint density at radius 1 is 1.25 bits per heavy atom. The highest BCUT2D eigenvalue weighted by Gasteiger charge is 2.27. The van der Waals surface area contributed by atoms with Crippen molar-refractivity contribution in [3.05, 3.63) is 48.3 Å². The Bertz CT molecular complexity index is 916. The summed E-state index contributed by atoms with van der Waals surface area (Å²) in [4.78, 5) is 11.8. The van der Waals surface area contributed by atoms with Gasteiger partial charge < -0.3 is 8.83 Å². The van der Waals surface area contributed by atoms with E-state index in [4.69, 9.17) is 8.83 Å². The highest BCUT2D eigenvalue weighted by molar-refractivity contribution is 7.91. The van der Waals surface area contributed by atoms with Gasteiger partial charge in [0.2, 0.25) is 9.47 Å². The summed E-state index contributed by atoms with van der Waals surface area (Å²) in [6.07, 6.45) is 2.82. The van der Waals surface area contributed by atoms with Gasteiger partial charge in [-0.3, -0.25) is 10.1 Å². The van der Waals surface area contributed by atoms with Crippen LogP contribution in [0, 0.1) is 0 Å². The Hall–Kier alpha value is -2.50. The van der Waals surface area contributed by atoms with Crippen molar-refractivity contribution in [2.45, 2.75) is 10.9 Å². The zero-order valence-electron chi connectivity index (χ0n) is 12.4. The molecule has 3 aromatic rings. The van der Waals surface area contributed by atoms with Crippen LogP contribution < -0.4 is 5.32 Å². The monoisotopic (exact) mass is 368 g/mol. The molecule has 0 aliphatic heterocycles. The largest absolute Gasteiger partial charge is 0.468 e. The Labute approximate surface area is 141 Å². The summed E-state index contributed by atoms with van der Waals surface area (Å²) in [6, 6.07) is 6.38. The smallest absolute Gasteiger partial charge is 0.293 e. The Morgan fingerprint density at radius 2 is 2.00 bits per heavy atom. The van der Waals surface area contributed by atoms with Gasteiger partial charge in [-0.2, -0.15) is 4.31 Å². The van der Waals surface area contributed by atoms with Crippen molar-refractivity contribution >= 4 is 32.4 Å². The maximum absolute atomic E-state index is 12.4. The zero-order valence-corrected chi connectivity index (χ0v) is 14.0. The molecule has 11 heteroatoms. The van der Waals surface area contributed by atoms with Gasteiger partial charge >= 0.3 is 0 Å². The van der Waals surface area contributed by atoms with Gasteiger partial charge in [0.15, 0.2) is 5.76 Å². The third-order valence-electron chi connectivity index (χ3n) is 2.96. The predicted molar refractivity (Wildman–Crippen MR) is 83.9 cm³/mol. The number of hydrogen-bond donors (Lipinski definition) is 1. The third kappa shape index (κ3) is 3.37. The quantitative estimate of drug-likeness (QED) is 0.659. The number of nitrogens with zero attached hydrogens (tertiary/aromatic N) is 3. The molecule has 9 nitrogen and oxygen atoms in total. The fourth-order valence-electron chi connectivity index (χ4n) is 1.77. The number of amides is 1. The molecule has 3 heterocycles. The molecule has 1 N–H and O–H groups in total. The second-order valence-corrected chi connectivity index (χ2v) is 7.84. The molecule has 0 spiro atoms. The first-order chi connectivity index (χ1) is 11.5. The van der Waals surface area contributed by atoms with Gasteiger partial charge in [-0.1, -0.05) is 11.3 Å². The SMILES string of the molecule is CN(Cc1ccco1)S(=O)(=O)c1nnc(NC(=O)c2ccco2)s1. The van der Waals surface area contributed by atoms with E-state index in [0.717, 1.165) is 15.6 Å². The van der Waals surface area contributed by atoms with E-state index in [-0.39, 0.29) is 21.8 Å². The van der Waals surface area contributed by atoms with Gasteiger partial charge in [0.05, 0.1) is 19.1 Å². The van der Waals surface area contributed by atoms with Crippen LogP contribution in [0.5, 0.6) is 0 Å². The van der Waals surface area contributed by atoms with E-state index in [9.17, 15) is 13.2 Å². The molecule has 3 rings (SSSR count). The van der Waals surface area contributed by atoms with Gasteiger partial charge in [0, 0.05) is 7.05 Å². The summed E-state index contributed by atoms with van der Waals surface area (Å²) in [6.45, 7) is 0.0585. The standard InChI is InChI=1S/C13H12N4O5S2/c1-17(8-9-4-2-6-21-9)24(19,20)13-16-15-12(23-13)14-11(18)10-5-3-7-22-10/h2-7H,8H2,1H3,(H,14,15,18). The lowest BCUT2D eigenvalue weighted by Gasteiger charge is -2.12. The first-order valence-electron chi connectivity index (χ1n) is 6.64. The average Bonchev–Trinajstić information content (AvgIpc) is 3.29. The number of carbonyl (C=O) groups is 1. The lowest BCUT2D eigenvalue weighted by molar-refractivity contribution is 0.0996. The number of rotatable bonds is 6. The minimum atomic E-state index is -3.84. The minimum absolute atomic E-state index is 0.0568. The number of nitrogens with one attached hydrogen (secondary N) is 1. The van der Waals surface area contributed by atoms with Crippen LogP contribution in [0.15, 0.2) is 50.0 Å². The fourth-order valence-corrected chi connectivity index (χ4v) is 3.99. The van der Waals surface area contributed by atoms with Gasteiger partial charge in [-0.25, -0.2) is 8.42 Å². The summed E-state index contributed by atoms with van der Waals surface area (Å²) >= 11 is 0.750.